The van der Waals surface area contributed by atoms with Gasteiger partial charge in [-0.1, -0.05) is 0 Å². The third-order valence-electron chi connectivity index (χ3n) is 5.24. The smallest absolute Gasteiger partial charge is 0.326 e. The second kappa shape index (κ2) is 6.23. The molecule has 0 amide bonds. The average molecular weight is 296 g/mol. The zero-order valence-electron chi connectivity index (χ0n) is 13.3. The minimum atomic E-state index is -0.437. The highest BCUT2D eigenvalue weighted by molar-refractivity contribution is 5.81. The van der Waals surface area contributed by atoms with Crippen molar-refractivity contribution in [2.24, 2.45) is 0 Å². The number of hydrogen-bond acceptors (Lipinski definition) is 5. The molecule has 0 aromatic carbocycles. The summed E-state index contributed by atoms with van der Waals surface area (Å²) in [5, 5.41) is 3.60. The van der Waals surface area contributed by atoms with E-state index in [1.54, 1.807) is 7.11 Å². The molecule has 5 nitrogen and oxygen atoms in total. The first-order valence-electron chi connectivity index (χ1n) is 8.38. The molecule has 3 fully saturated rings. The Kier molecular flexibility index (Phi) is 4.52. The first-order valence-corrected chi connectivity index (χ1v) is 8.38. The first-order chi connectivity index (χ1) is 10.2. The van der Waals surface area contributed by atoms with Gasteiger partial charge in [-0.2, -0.15) is 0 Å². The third kappa shape index (κ3) is 3.25. The topological polar surface area (TPSA) is 50.8 Å². The summed E-state index contributed by atoms with van der Waals surface area (Å²) in [5.41, 5.74) is -0.437. The second-order valence-corrected chi connectivity index (χ2v) is 6.76. The molecule has 0 radical (unpaired) electrons. The van der Waals surface area contributed by atoms with Gasteiger partial charge in [0.25, 0.3) is 0 Å². The van der Waals surface area contributed by atoms with Gasteiger partial charge in [0.2, 0.25) is 0 Å². The van der Waals surface area contributed by atoms with Crippen LogP contribution >= 0.6 is 0 Å². The van der Waals surface area contributed by atoms with Crippen LogP contribution in [0.15, 0.2) is 0 Å². The highest BCUT2D eigenvalue weighted by Gasteiger charge is 2.50. The molecule has 3 atom stereocenters. The summed E-state index contributed by atoms with van der Waals surface area (Å²) in [6.07, 6.45) is 6.73. The van der Waals surface area contributed by atoms with Gasteiger partial charge in [0.15, 0.2) is 0 Å². The molecule has 2 saturated carbocycles. The van der Waals surface area contributed by atoms with Gasteiger partial charge in [0.1, 0.15) is 5.54 Å². The van der Waals surface area contributed by atoms with E-state index in [0.717, 1.165) is 38.8 Å². The number of nitrogens with one attached hydrogen (secondary N) is 1. The summed E-state index contributed by atoms with van der Waals surface area (Å²) in [4.78, 5) is 15.0. The molecule has 0 aromatic rings. The SMILES string of the molecule is CCOC(=O)C1(NC2CC2)CCC(N2CCC(OC)C2)C1. The molecule has 1 heterocycles. The van der Waals surface area contributed by atoms with Crippen LogP contribution < -0.4 is 5.32 Å². The molecule has 0 aromatic heterocycles. The van der Waals surface area contributed by atoms with Gasteiger partial charge in [-0.05, 0) is 45.4 Å². The largest absolute Gasteiger partial charge is 0.465 e. The predicted molar refractivity (Wildman–Crippen MR) is 80.1 cm³/mol. The summed E-state index contributed by atoms with van der Waals surface area (Å²) in [7, 11) is 1.79. The fourth-order valence-corrected chi connectivity index (χ4v) is 3.87. The lowest BCUT2D eigenvalue weighted by molar-refractivity contribution is -0.151. The third-order valence-corrected chi connectivity index (χ3v) is 5.24. The van der Waals surface area contributed by atoms with E-state index in [2.05, 4.69) is 10.2 Å². The Balaban J connectivity index is 1.64. The van der Waals surface area contributed by atoms with E-state index in [9.17, 15) is 4.79 Å². The molecule has 3 aliphatic rings. The Hall–Kier alpha value is -0.650. The molecule has 5 heteroatoms. The van der Waals surface area contributed by atoms with Gasteiger partial charge in [-0.25, -0.2) is 0 Å². The second-order valence-electron chi connectivity index (χ2n) is 6.76. The monoisotopic (exact) mass is 296 g/mol. The van der Waals surface area contributed by atoms with Crippen LogP contribution in [0.2, 0.25) is 0 Å². The minimum Gasteiger partial charge on any atom is -0.465 e. The van der Waals surface area contributed by atoms with Gasteiger partial charge >= 0.3 is 5.97 Å². The molecular weight excluding hydrogens is 268 g/mol. The number of hydrogen-bond donors (Lipinski definition) is 1. The van der Waals surface area contributed by atoms with Crippen molar-refractivity contribution in [3.8, 4) is 0 Å². The van der Waals surface area contributed by atoms with E-state index in [-0.39, 0.29) is 5.97 Å². The van der Waals surface area contributed by atoms with Crippen molar-refractivity contribution in [2.45, 2.75) is 69.2 Å². The molecule has 1 saturated heterocycles. The van der Waals surface area contributed by atoms with E-state index < -0.39 is 5.54 Å². The van der Waals surface area contributed by atoms with Crippen molar-refractivity contribution in [1.29, 1.82) is 0 Å². The summed E-state index contributed by atoms with van der Waals surface area (Å²) in [5.74, 6) is -0.0399. The van der Waals surface area contributed by atoms with Crippen LogP contribution in [0, 0.1) is 0 Å². The molecule has 3 unspecified atom stereocenters. The highest BCUT2D eigenvalue weighted by Crippen LogP contribution is 2.38. The highest BCUT2D eigenvalue weighted by atomic mass is 16.5. The number of nitrogens with zero attached hydrogens (tertiary/aromatic N) is 1. The Bertz CT molecular complexity index is 386. The molecule has 1 N–H and O–H groups in total. The molecule has 0 bridgehead atoms. The Labute approximate surface area is 127 Å². The molecule has 1 aliphatic heterocycles. The van der Waals surface area contributed by atoms with Crippen LogP contribution in [0.4, 0.5) is 0 Å². The number of ether oxygens (including phenoxy) is 2. The van der Waals surface area contributed by atoms with Crippen LogP contribution in [-0.2, 0) is 14.3 Å². The van der Waals surface area contributed by atoms with Crippen molar-refractivity contribution in [2.75, 3.05) is 26.8 Å². The fourth-order valence-electron chi connectivity index (χ4n) is 3.87. The number of rotatable bonds is 6. The molecule has 21 heavy (non-hydrogen) atoms. The van der Waals surface area contributed by atoms with Gasteiger partial charge in [0, 0.05) is 32.3 Å². The van der Waals surface area contributed by atoms with Crippen molar-refractivity contribution in [3.63, 3.8) is 0 Å². The van der Waals surface area contributed by atoms with E-state index in [1.165, 1.54) is 12.8 Å². The van der Waals surface area contributed by atoms with Crippen LogP contribution in [0.1, 0.15) is 45.4 Å². The summed E-state index contributed by atoms with van der Waals surface area (Å²) >= 11 is 0. The van der Waals surface area contributed by atoms with Crippen molar-refractivity contribution < 1.29 is 14.3 Å². The zero-order valence-corrected chi connectivity index (χ0v) is 13.3. The van der Waals surface area contributed by atoms with Crippen molar-refractivity contribution in [3.05, 3.63) is 0 Å². The quantitative estimate of drug-likeness (QED) is 0.749. The van der Waals surface area contributed by atoms with Crippen LogP contribution in [-0.4, -0.2) is 61.4 Å². The normalized spacial score (nSPS) is 37.0. The van der Waals surface area contributed by atoms with Crippen LogP contribution in [0.25, 0.3) is 0 Å². The molecule has 120 valence electrons. The van der Waals surface area contributed by atoms with Crippen LogP contribution in [0.5, 0.6) is 0 Å². The maximum absolute atomic E-state index is 12.5. The number of carbonyl (C=O) groups is 1. The maximum atomic E-state index is 12.5. The summed E-state index contributed by atoms with van der Waals surface area (Å²) < 4.78 is 10.8. The Morgan fingerprint density at radius 1 is 1.33 bits per heavy atom. The lowest BCUT2D eigenvalue weighted by atomic mass is 9.97. The number of likely N-dealkylation sites (tertiary alicyclic amines) is 1. The molecule has 2 aliphatic carbocycles. The fraction of sp³-hybridized carbons (Fsp3) is 0.938. The van der Waals surface area contributed by atoms with E-state index in [1.807, 2.05) is 6.92 Å². The van der Waals surface area contributed by atoms with E-state index >= 15 is 0 Å². The van der Waals surface area contributed by atoms with Gasteiger partial charge in [-0.15, -0.1) is 0 Å². The lowest BCUT2D eigenvalue weighted by Gasteiger charge is -2.30. The maximum Gasteiger partial charge on any atom is 0.326 e. The Morgan fingerprint density at radius 2 is 2.14 bits per heavy atom. The predicted octanol–water partition coefficient (Wildman–Crippen LogP) is 1.31. The number of esters is 1. The zero-order chi connectivity index (χ0) is 14.9. The summed E-state index contributed by atoms with van der Waals surface area (Å²) in [6, 6.07) is 1.01. The average Bonchev–Trinajstić information content (AvgIpc) is 3.01. The van der Waals surface area contributed by atoms with Gasteiger partial charge < -0.3 is 9.47 Å². The van der Waals surface area contributed by atoms with Crippen molar-refractivity contribution in [1.82, 2.24) is 10.2 Å². The molecule has 3 rings (SSSR count). The number of carbonyl (C=O) groups excluding carboxylic acids is 1. The minimum absolute atomic E-state index is 0.0399. The van der Waals surface area contributed by atoms with E-state index in [0.29, 0.717) is 24.8 Å². The Morgan fingerprint density at radius 3 is 2.76 bits per heavy atom. The number of methoxy groups -OCH3 is 1. The molecular formula is C16H28N2O3. The molecule has 0 spiro atoms. The standard InChI is InChI=1S/C16H28N2O3/c1-3-21-15(19)16(17-12-4-5-12)8-6-13(10-16)18-9-7-14(11-18)20-2/h12-14,17H,3-11H2,1-2H3. The first kappa shape index (κ1) is 15.3. The summed E-state index contributed by atoms with van der Waals surface area (Å²) in [6.45, 7) is 4.45. The van der Waals surface area contributed by atoms with Crippen molar-refractivity contribution >= 4 is 5.97 Å². The van der Waals surface area contributed by atoms with Crippen LogP contribution in [0.3, 0.4) is 0 Å². The van der Waals surface area contributed by atoms with Gasteiger partial charge in [-0.3, -0.25) is 15.0 Å². The van der Waals surface area contributed by atoms with Gasteiger partial charge in [0.05, 0.1) is 12.7 Å². The lowest BCUT2D eigenvalue weighted by Crippen LogP contribution is -2.53. The van der Waals surface area contributed by atoms with E-state index in [4.69, 9.17) is 9.47 Å².